The Labute approximate surface area is 152 Å². The van der Waals surface area contributed by atoms with E-state index >= 15 is 0 Å². The van der Waals surface area contributed by atoms with Crippen molar-refractivity contribution in [1.29, 1.82) is 0 Å². The van der Waals surface area contributed by atoms with Crippen LogP contribution < -0.4 is 19.5 Å². The van der Waals surface area contributed by atoms with Crippen molar-refractivity contribution in [2.45, 2.75) is 17.9 Å². The van der Waals surface area contributed by atoms with Crippen molar-refractivity contribution in [1.82, 2.24) is 10.0 Å². The molecule has 0 saturated heterocycles. The smallest absolute Gasteiger partial charge is 0.251 e. The second kappa shape index (κ2) is 7.76. The molecule has 0 spiro atoms. The number of amides is 1. The Morgan fingerprint density at radius 2 is 1.73 bits per heavy atom. The van der Waals surface area contributed by atoms with Crippen LogP contribution in [0.15, 0.2) is 47.4 Å². The summed E-state index contributed by atoms with van der Waals surface area (Å²) in [6.07, 6.45) is 0.808. The lowest BCUT2D eigenvalue weighted by Gasteiger charge is -2.11. The third-order valence-electron chi connectivity index (χ3n) is 3.93. The fourth-order valence-electron chi connectivity index (χ4n) is 2.51. The van der Waals surface area contributed by atoms with Gasteiger partial charge >= 0.3 is 0 Å². The Kier molecular flexibility index (Phi) is 5.43. The Morgan fingerprint density at radius 1 is 1.04 bits per heavy atom. The van der Waals surface area contributed by atoms with Gasteiger partial charge in [0.05, 0.1) is 18.1 Å². The zero-order valence-electron chi connectivity index (χ0n) is 14.3. The van der Waals surface area contributed by atoms with E-state index in [-0.39, 0.29) is 17.3 Å². The monoisotopic (exact) mass is 376 g/mol. The highest BCUT2D eigenvalue weighted by atomic mass is 32.2. The van der Waals surface area contributed by atoms with Crippen LogP contribution in [0.1, 0.15) is 22.3 Å². The summed E-state index contributed by atoms with van der Waals surface area (Å²) >= 11 is 0. The Hall–Kier alpha value is -2.58. The van der Waals surface area contributed by atoms with Gasteiger partial charge in [-0.05, 0) is 42.0 Å². The van der Waals surface area contributed by atoms with Crippen LogP contribution >= 0.6 is 0 Å². The van der Waals surface area contributed by atoms with Gasteiger partial charge in [-0.15, -0.1) is 0 Å². The zero-order valence-corrected chi connectivity index (χ0v) is 15.1. The maximum absolute atomic E-state index is 12.4. The zero-order chi connectivity index (χ0) is 18.6. The number of ether oxygens (including phenoxy) is 2. The van der Waals surface area contributed by atoms with Crippen LogP contribution in [-0.4, -0.2) is 34.6 Å². The summed E-state index contributed by atoms with van der Waals surface area (Å²) < 4.78 is 38.6. The minimum absolute atomic E-state index is 0.0968. The summed E-state index contributed by atoms with van der Waals surface area (Å²) in [5, 5.41) is 2.49. The van der Waals surface area contributed by atoms with E-state index in [0.717, 1.165) is 12.0 Å². The lowest BCUT2D eigenvalue weighted by molar-refractivity contribution is 0.0963. The van der Waals surface area contributed by atoms with Crippen LogP contribution in [0, 0.1) is 0 Å². The first-order chi connectivity index (χ1) is 12.5. The molecular formula is C18H20N2O5S. The third kappa shape index (κ3) is 4.14. The summed E-state index contributed by atoms with van der Waals surface area (Å²) in [6, 6.07) is 11.1. The highest BCUT2D eigenvalue weighted by Crippen LogP contribution is 2.30. The molecule has 1 heterocycles. The largest absolute Gasteiger partial charge is 0.490 e. The second-order valence-corrected chi connectivity index (χ2v) is 7.53. The molecule has 0 unspecified atom stereocenters. The van der Waals surface area contributed by atoms with Crippen molar-refractivity contribution in [3.05, 3.63) is 53.6 Å². The standard InChI is InChI=1S/C18H20N2O5S/c1-19-18(21)14-4-6-15(7-5-14)26(22,23)20-12-13-3-8-16-17(11-13)25-10-2-9-24-16/h3-8,11,20H,2,9-10,12H2,1H3,(H,19,21). The van der Waals surface area contributed by atoms with E-state index in [0.29, 0.717) is 30.3 Å². The van der Waals surface area contributed by atoms with Gasteiger partial charge in [-0.3, -0.25) is 4.79 Å². The molecule has 7 nitrogen and oxygen atoms in total. The molecule has 0 atom stereocenters. The molecule has 138 valence electrons. The topological polar surface area (TPSA) is 93.7 Å². The molecule has 0 aromatic heterocycles. The number of hydrogen-bond donors (Lipinski definition) is 2. The molecular weight excluding hydrogens is 356 g/mol. The van der Waals surface area contributed by atoms with Gasteiger partial charge in [0.1, 0.15) is 0 Å². The molecule has 2 aromatic rings. The number of carbonyl (C=O) groups excluding carboxylic acids is 1. The van der Waals surface area contributed by atoms with Crippen molar-refractivity contribution < 1.29 is 22.7 Å². The fourth-order valence-corrected chi connectivity index (χ4v) is 3.53. The molecule has 0 saturated carbocycles. The van der Waals surface area contributed by atoms with Gasteiger partial charge in [-0.2, -0.15) is 0 Å². The summed E-state index contributed by atoms with van der Waals surface area (Å²) in [5.74, 6) is 1.02. The molecule has 1 aliphatic rings. The second-order valence-electron chi connectivity index (χ2n) is 5.76. The fraction of sp³-hybridized carbons (Fsp3) is 0.278. The molecule has 0 fully saturated rings. The molecule has 1 amide bonds. The molecule has 0 radical (unpaired) electrons. The molecule has 0 aliphatic carbocycles. The normalized spacial score (nSPS) is 13.7. The molecule has 1 aliphatic heterocycles. The van der Waals surface area contributed by atoms with Gasteiger partial charge in [0.2, 0.25) is 10.0 Å². The van der Waals surface area contributed by atoms with E-state index in [2.05, 4.69) is 10.0 Å². The van der Waals surface area contributed by atoms with Crippen LogP contribution in [-0.2, 0) is 16.6 Å². The van der Waals surface area contributed by atoms with Gasteiger partial charge in [-0.1, -0.05) is 6.07 Å². The SMILES string of the molecule is CNC(=O)c1ccc(S(=O)(=O)NCc2ccc3c(c2)OCCCO3)cc1. The Balaban J connectivity index is 1.70. The summed E-state index contributed by atoms with van der Waals surface area (Å²) in [6.45, 7) is 1.29. The first-order valence-corrected chi connectivity index (χ1v) is 9.68. The number of carbonyl (C=O) groups is 1. The van der Waals surface area contributed by atoms with Gasteiger partial charge in [0.15, 0.2) is 11.5 Å². The van der Waals surface area contributed by atoms with Crippen LogP contribution in [0.3, 0.4) is 0 Å². The third-order valence-corrected chi connectivity index (χ3v) is 5.35. The average molecular weight is 376 g/mol. The molecule has 8 heteroatoms. The number of hydrogen-bond acceptors (Lipinski definition) is 5. The maximum Gasteiger partial charge on any atom is 0.251 e. The Morgan fingerprint density at radius 3 is 2.42 bits per heavy atom. The average Bonchev–Trinajstić information content (AvgIpc) is 2.91. The number of sulfonamides is 1. The van der Waals surface area contributed by atoms with Crippen molar-refractivity contribution in [2.75, 3.05) is 20.3 Å². The van der Waals surface area contributed by atoms with Crippen LogP contribution in [0.25, 0.3) is 0 Å². The highest BCUT2D eigenvalue weighted by Gasteiger charge is 2.16. The number of benzene rings is 2. The van der Waals surface area contributed by atoms with Crippen LogP contribution in [0.4, 0.5) is 0 Å². The van der Waals surface area contributed by atoms with Crippen LogP contribution in [0.5, 0.6) is 11.5 Å². The van der Waals surface area contributed by atoms with E-state index in [9.17, 15) is 13.2 Å². The number of rotatable bonds is 5. The van der Waals surface area contributed by atoms with E-state index in [1.807, 2.05) is 0 Å². The van der Waals surface area contributed by atoms with Gasteiger partial charge in [-0.25, -0.2) is 13.1 Å². The van der Waals surface area contributed by atoms with E-state index in [4.69, 9.17) is 9.47 Å². The van der Waals surface area contributed by atoms with Gasteiger partial charge < -0.3 is 14.8 Å². The summed E-state index contributed by atoms with van der Waals surface area (Å²) in [5.41, 5.74) is 1.16. The highest BCUT2D eigenvalue weighted by molar-refractivity contribution is 7.89. The first kappa shape index (κ1) is 18.2. The number of nitrogens with one attached hydrogen (secondary N) is 2. The van der Waals surface area contributed by atoms with E-state index in [1.165, 1.54) is 31.3 Å². The van der Waals surface area contributed by atoms with Crippen LogP contribution in [0.2, 0.25) is 0 Å². The predicted octanol–water partition coefficient (Wildman–Crippen LogP) is 1.69. The molecule has 26 heavy (non-hydrogen) atoms. The number of fused-ring (bicyclic) bond motifs is 1. The van der Waals surface area contributed by atoms with E-state index < -0.39 is 10.0 Å². The minimum atomic E-state index is -3.69. The van der Waals surface area contributed by atoms with Crippen molar-refractivity contribution in [2.24, 2.45) is 0 Å². The Bertz CT molecular complexity index is 894. The lowest BCUT2D eigenvalue weighted by atomic mass is 10.2. The summed E-state index contributed by atoms with van der Waals surface area (Å²) in [4.78, 5) is 11.6. The molecule has 0 bridgehead atoms. The summed E-state index contributed by atoms with van der Waals surface area (Å²) in [7, 11) is -2.17. The lowest BCUT2D eigenvalue weighted by Crippen LogP contribution is -2.23. The van der Waals surface area contributed by atoms with Gasteiger partial charge in [0.25, 0.3) is 5.91 Å². The van der Waals surface area contributed by atoms with Crippen molar-refractivity contribution in [3.63, 3.8) is 0 Å². The van der Waals surface area contributed by atoms with Crippen molar-refractivity contribution in [3.8, 4) is 11.5 Å². The predicted molar refractivity (Wildman–Crippen MR) is 95.9 cm³/mol. The molecule has 2 aromatic carbocycles. The van der Waals surface area contributed by atoms with E-state index in [1.54, 1.807) is 18.2 Å². The van der Waals surface area contributed by atoms with Gasteiger partial charge in [0, 0.05) is 25.6 Å². The maximum atomic E-state index is 12.4. The quantitative estimate of drug-likeness (QED) is 0.828. The van der Waals surface area contributed by atoms with Crippen molar-refractivity contribution >= 4 is 15.9 Å². The minimum Gasteiger partial charge on any atom is -0.490 e. The first-order valence-electron chi connectivity index (χ1n) is 8.20. The molecule has 3 rings (SSSR count). The molecule has 2 N–H and O–H groups in total.